The van der Waals surface area contributed by atoms with Crippen LogP contribution in [-0.4, -0.2) is 37.3 Å². The van der Waals surface area contributed by atoms with E-state index in [1.807, 2.05) is 13.8 Å². The molecular weight excluding hydrogens is 327 g/mol. The van der Waals surface area contributed by atoms with Gasteiger partial charge in [-0.15, -0.1) is 0 Å². The van der Waals surface area contributed by atoms with Crippen molar-refractivity contribution in [2.24, 2.45) is 5.92 Å². The van der Waals surface area contributed by atoms with E-state index in [9.17, 15) is 14.0 Å². The van der Waals surface area contributed by atoms with E-state index in [0.29, 0.717) is 18.1 Å². The van der Waals surface area contributed by atoms with Crippen LogP contribution in [0.15, 0.2) is 24.3 Å². The summed E-state index contributed by atoms with van der Waals surface area (Å²) < 4.78 is 23.2. The molecule has 0 fully saturated rings. The van der Waals surface area contributed by atoms with Gasteiger partial charge in [-0.3, -0.25) is 4.79 Å². The minimum absolute atomic E-state index is 0.235. The summed E-state index contributed by atoms with van der Waals surface area (Å²) in [6.45, 7) is 7.95. The van der Waals surface area contributed by atoms with Crippen LogP contribution in [0.3, 0.4) is 0 Å². The number of carbonyl (C=O) groups excluding carboxylic acids is 2. The number of halogens is 1. The zero-order valence-corrected chi connectivity index (χ0v) is 15.2. The third-order valence-corrected chi connectivity index (χ3v) is 3.37. The number of alkyl carbamates (subject to hydrolysis) is 1. The molecule has 25 heavy (non-hydrogen) atoms. The Bertz CT molecular complexity index is 549. The Morgan fingerprint density at radius 3 is 2.36 bits per heavy atom. The number of carbonyl (C=O) groups is 2. The highest BCUT2D eigenvalue weighted by atomic mass is 19.1. The van der Waals surface area contributed by atoms with Gasteiger partial charge in [0.1, 0.15) is 11.6 Å². The monoisotopic (exact) mass is 354 g/mol. The molecule has 7 heteroatoms. The average molecular weight is 354 g/mol. The standard InChI is InChI=1S/C18H27FN2O4/c1-5-24-18(23)21-15(10-12(2)3)11-20-17(22)13(4)25-16-8-6-14(19)7-9-16/h6-9,12-13,15H,5,10-11H2,1-4H3,(H,20,22)(H,21,23). The van der Waals surface area contributed by atoms with E-state index in [1.54, 1.807) is 13.8 Å². The first-order valence-corrected chi connectivity index (χ1v) is 8.45. The van der Waals surface area contributed by atoms with E-state index in [2.05, 4.69) is 10.6 Å². The third kappa shape index (κ3) is 8.37. The second-order valence-electron chi connectivity index (χ2n) is 6.15. The molecule has 0 aromatic heterocycles. The molecule has 0 radical (unpaired) electrons. The summed E-state index contributed by atoms with van der Waals surface area (Å²) in [5.41, 5.74) is 0. The summed E-state index contributed by atoms with van der Waals surface area (Å²) in [6, 6.07) is 5.22. The van der Waals surface area contributed by atoms with Crippen molar-refractivity contribution in [2.45, 2.75) is 46.3 Å². The lowest BCUT2D eigenvalue weighted by molar-refractivity contribution is -0.127. The summed E-state index contributed by atoms with van der Waals surface area (Å²) in [7, 11) is 0. The number of benzene rings is 1. The predicted molar refractivity (Wildman–Crippen MR) is 92.9 cm³/mol. The molecule has 6 nitrogen and oxygen atoms in total. The highest BCUT2D eigenvalue weighted by molar-refractivity contribution is 5.80. The lowest BCUT2D eigenvalue weighted by atomic mass is 10.0. The first-order chi connectivity index (χ1) is 11.8. The maximum Gasteiger partial charge on any atom is 0.407 e. The summed E-state index contributed by atoms with van der Waals surface area (Å²) in [4.78, 5) is 23.7. The van der Waals surface area contributed by atoms with Crippen molar-refractivity contribution in [3.63, 3.8) is 0 Å². The maximum absolute atomic E-state index is 12.9. The molecule has 0 aliphatic carbocycles. The molecule has 2 N–H and O–H groups in total. The van der Waals surface area contributed by atoms with E-state index in [-0.39, 0.29) is 30.9 Å². The van der Waals surface area contributed by atoms with Gasteiger partial charge in [0.05, 0.1) is 6.61 Å². The van der Waals surface area contributed by atoms with Crippen LogP contribution in [0.2, 0.25) is 0 Å². The molecule has 2 unspecified atom stereocenters. The van der Waals surface area contributed by atoms with Crippen molar-refractivity contribution < 1.29 is 23.5 Å². The van der Waals surface area contributed by atoms with Gasteiger partial charge in [0, 0.05) is 12.6 Å². The highest BCUT2D eigenvalue weighted by Crippen LogP contribution is 2.13. The minimum Gasteiger partial charge on any atom is -0.481 e. The SMILES string of the molecule is CCOC(=O)NC(CNC(=O)C(C)Oc1ccc(F)cc1)CC(C)C. The van der Waals surface area contributed by atoms with E-state index < -0.39 is 12.2 Å². The molecule has 1 aromatic rings. The van der Waals surface area contributed by atoms with Crippen LogP contribution < -0.4 is 15.4 Å². The topological polar surface area (TPSA) is 76.7 Å². The Morgan fingerprint density at radius 1 is 1.16 bits per heavy atom. The molecule has 2 amide bonds. The normalized spacial score (nSPS) is 13.0. The summed E-state index contributed by atoms with van der Waals surface area (Å²) >= 11 is 0. The Morgan fingerprint density at radius 2 is 1.80 bits per heavy atom. The zero-order valence-electron chi connectivity index (χ0n) is 15.2. The Kier molecular flexibility index (Phi) is 8.74. The van der Waals surface area contributed by atoms with Crippen LogP contribution in [0.4, 0.5) is 9.18 Å². The fraction of sp³-hybridized carbons (Fsp3) is 0.556. The van der Waals surface area contributed by atoms with Crippen molar-refractivity contribution in [1.29, 1.82) is 0 Å². The molecule has 0 saturated heterocycles. The van der Waals surface area contributed by atoms with Crippen molar-refractivity contribution in [2.75, 3.05) is 13.2 Å². The van der Waals surface area contributed by atoms with Crippen molar-refractivity contribution >= 4 is 12.0 Å². The lowest BCUT2D eigenvalue weighted by Crippen LogP contribution is -2.47. The maximum atomic E-state index is 12.9. The molecule has 0 spiro atoms. The molecule has 0 aliphatic rings. The second-order valence-corrected chi connectivity index (χ2v) is 6.15. The Hall–Kier alpha value is -2.31. The van der Waals surface area contributed by atoms with Gasteiger partial charge < -0.3 is 20.1 Å². The number of hydrogen-bond donors (Lipinski definition) is 2. The largest absolute Gasteiger partial charge is 0.481 e. The minimum atomic E-state index is -0.743. The van der Waals surface area contributed by atoms with Crippen LogP contribution in [-0.2, 0) is 9.53 Å². The Labute approximate surface area is 148 Å². The molecule has 0 heterocycles. The van der Waals surface area contributed by atoms with E-state index >= 15 is 0 Å². The molecule has 1 aromatic carbocycles. The van der Waals surface area contributed by atoms with Crippen LogP contribution >= 0.6 is 0 Å². The van der Waals surface area contributed by atoms with Crippen molar-refractivity contribution in [3.05, 3.63) is 30.1 Å². The summed E-state index contributed by atoms with van der Waals surface area (Å²) in [5, 5.41) is 5.50. The summed E-state index contributed by atoms with van der Waals surface area (Å²) in [6.07, 6.45) is -0.544. The molecule has 0 saturated carbocycles. The van der Waals surface area contributed by atoms with Gasteiger partial charge in [0.15, 0.2) is 6.10 Å². The summed E-state index contributed by atoms with van der Waals surface area (Å²) in [5.74, 6) is 0.0684. The van der Waals surface area contributed by atoms with Gasteiger partial charge in [-0.2, -0.15) is 0 Å². The van der Waals surface area contributed by atoms with E-state index in [4.69, 9.17) is 9.47 Å². The number of rotatable bonds is 9. The molecular formula is C18H27FN2O4. The van der Waals surface area contributed by atoms with E-state index in [1.165, 1.54) is 24.3 Å². The van der Waals surface area contributed by atoms with Gasteiger partial charge in [0.25, 0.3) is 5.91 Å². The van der Waals surface area contributed by atoms with Crippen LogP contribution in [0, 0.1) is 11.7 Å². The number of hydrogen-bond acceptors (Lipinski definition) is 4. The molecule has 2 atom stereocenters. The van der Waals surface area contributed by atoms with Gasteiger partial charge in [0.2, 0.25) is 0 Å². The Balaban J connectivity index is 2.51. The van der Waals surface area contributed by atoms with Crippen LogP contribution in [0.1, 0.15) is 34.1 Å². The van der Waals surface area contributed by atoms with Crippen molar-refractivity contribution in [3.8, 4) is 5.75 Å². The predicted octanol–water partition coefficient (Wildman–Crippen LogP) is 2.87. The van der Waals surface area contributed by atoms with Crippen LogP contribution in [0.25, 0.3) is 0 Å². The van der Waals surface area contributed by atoms with Gasteiger partial charge in [-0.1, -0.05) is 13.8 Å². The number of amides is 2. The molecule has 0 bridgehead atoms. The fourth-order valence-electron chi connectivity index (χ4n) is 2.24. The highest BCUT2D eigenvalue weighted by Gasteiger charge is 2.19. The number of ether oxygens (including phenoxy) is 2. The molecule has 0 aliphatic heterocycles. The number of nitrogens with one attached hydrogen (secondary N) is 2. The average Bonchev–Trinajstić information content (AvgIpc) is 2.54. The lowest BCUT2D eigenvalue weighted by Gasteiger charge is -2.22. The van der Waals surface area contributed by atoms with Crippen LogP contribution in [0.5, 0.6) is 5.75 Å². The molecule has 1 rings (SSSR count). The van der Waals surface area contributed by atoms with Gasteiger partial charge >= 0.3 is 6.09 Å². The van der Waals surface area contributed by atoms with E-state index in [0.717, 1.165) is 0 Å². The quantitative estimate of drug-likeness (QED) is 0.715. The first kappa shape index (κ1) is 20.7. The molecule has 140 valence electrons. The third-order valence-electron chi connectivity index (χ3n) is 3.37. The van der Waals surface area contributed by atoms with Crippen molar-refractivity contribution in [1.82, 2.24) is 10.6 Å². The second kappa shape index (κ2) is 10.5. The first-order valence-electron chi connectivity index (χ1n) is 8.45. The zero-order chi connectivity index (χ0) is 18.8. The van der Waals surface area contributed by atoms with Gasteiger partial charge in [-0.05, 0) is 50.5 Å². The van der Waals surface area contributed by atoms with Gasteiger partial charge in [-0.25, -0.2) is 9.18 Å². The smallest absolute Gasteiger partial charge is 0.407 e. The fourth-order valence-corrected chi connectivity index (χ4v) is 2.24.